The lowest BCUT2D eigenvalue weighted by Crippen LogP contribution is -2.36. The first-order valence-electron chi connectivity index (χ1n) is 9.68. The molecule has 9 nitrogen and oxygen atoms in total. The van der Waals surface area contributed by atoms with Gasteiger partial charge in [0.15, 0.2) is 0 Å². The SMILES string of the molecule is COC(=O)CN(Cc1cc(OC)cc(OC)c1)C(=O)c1cccc(N2CCNC2=O)c1. The predicted octanol–water partition coefficient (Wildman–Crippen LogP) is 2.05. The second-order valence-corrected chi connectivity index (χ2v) is 6.89. The van der Waals surface area contributed by atoms with Crippen molar-refractivity contribution < 1.29 is 28.6 Å². The molecule has 0 saturated carbocycles. The van der Waals surface area contributed by atoms with Crippen LogP contribution in [0.3, 0.4) is 0 Å². The molecule has 0 unspecified atom stereocenters. The van der Waals surface area contributed by atoms with E-state index in [0.717, 1.165) is 5.56 Å². The van der Waals surface area contributed by atoms with Crippen LogP contribution in [-0.2, 0) is 16.1 Å². The molecular formula is C22H25N3O6. The van der Waals surface area contributed by atoms with Crippen molar-refractivity contribution in [1.29, 1.82) is 0 Å². The summed E-state index contributed by atoms with van der Waals surface area (Å²) in [7, 11) is 4.35. The van der Waals surface area contributed by atoms with Crippen molar-refractivity contribution in [3.8, 4) is 11.5 Å². The van der Waals surface area contributed by atoms with Crippen LogP contribution in [0.2, 0.25) is 0 Å². The molecule has 1 aliphatic rings. The van der Waals surface area contributed by atoms with E-state index in [1.165, 1.54) is 26.2 Å². The number of hydrogen-bond donors (Lipinski definition) is 1. The summed E-state index contributed by atoms with van der Waals surface area (Å²) >= 11 is 0. The fourth-order valence-electron chi connectivity index (χ4n) is 3.31. The predicted molar refractivity (Wildman–Crippen MR) is 113 cm³/mol. The fraction of sp³-hybridized carbons (Fsp3) is 0.318. The molecule has 164 valence electrons. The van der Waals surface area contributed by atoms with Crippen LogP contribution in [0.1, 0.15) is 15.9 Å². The van der Waals surface area contributed by atoms with Crippen LogP contribution in [0, 0.1) is 0 Å². The topological polar surface area (TPSA) is 97.4 Å². The Morgan fingerprint density at radius 3 is 2.35 bits per heavy atom. The van der Waals surface area contributed by atoms with Crippen molar-refractivity contribution in [2.45, 2.75) is 6.54 Å². The minimum Gasteiger partial charge on any atom is -0.497 e. The molecule has 31 heavy (non-hydrogen) atoms. The molecule has 3 amide bonds. The molecule has 0 spiro atoms. The molecule has 1 fully saturated rings. The number of rotatable bonds is 8. The van der Waals surface area contributed by atoms with E-state index < -0.39 is 5.97 Å². The maximum Gasteiger partial charge on any atom is 0.325 e. The van der Waals surface area contributed by atoms with Crippen molar-refractivity contribution in [3.63, 3.8) is 0 Å². The maximum atomic E-state index is 13.3. The highest BCUT2D eigenvalue weighted by Gasteiger charge is 2.24. The van der Waals surface area contributed by atoms with Gasteiger partial charge in [-0.05, 0) is 35.9 Å². The molecule has 3 rings (SSSR count). The van der Waals surface area contributed by atoms with Crippen LogP contribution in [0.15, 0.2) is 42.5 Å². The van der Waals surface area contributed by atoms with E-state index in [1.54, 1.807) is 47.4 Å². The Labute approximate surface area is 180 Å². The second-order valence-electron chi connectivity index (χ2n) is 6.89. The summed E-state index contributed by atoms with van der Waals surface area (Å²) in [5, 5.41) is 2.73. The van der Waals surface area contributed by atoms with E-state index in [-0.39, 0.29) is 25.0 Å². The normalized spacial score (nSPS) is 12.9. The molecule has 0 radical (unpaired) electrons. The molecule has 1 aliphatic heterocycles. The zero-order valence-electron chi connectivity index (χ0n) is 17.7. The number of ether oxygens (including phenoxy) is 3. The van der Waals surface area contributed by atoms with Gasteiger partial charge in [0.1, 0.15) is 18.0 Å². The number of anilines is 1. The third-order valence-corrected chi connectivity index (χ3v) is 4.88. The van der Waals surface area contributed by atoms with Crippen LogP contribution in [-0.4, -0.2) is 63.8 Å². The third-order valence-electron chi connectivity index (χ3n) is 4.88. The van der Waals surface area contributed by atoms with E-state index in [0.29, 0.717) is 35.8 Å². The van der Waals surface area contributed by atoms with E-state index in [1.807, 2.05) is 0 Å². The molecule has 9 heteroatoms. The van der Waals surface area contributed by atoms with Crippen LogP contribution in [0.25, 0.3) is 0 Å². The second kappa shape index (κ2) is 9.84. The van der Waals surface area contributed by atoms with E-state index >= 15 is 0 Å². The van der Waals surface area contributed by atoms with Gasteiger partial charge in [-0.25, -0.2) is 4.79 Å². The lowest BCUT2D eigenvalue weighted by Gasteiger charge is -2.23. The van der Waals surface area contributed by atoms with Gasteiger partial charge < -0.3 is 24.4 Å². The van der Waals surface area contributed by atoms with Crippen molar-refractivity contribution in [2.75, 3.05) is 45.9 Å². The number of esters is 1. The molecule has 1 heterocycles. The standard InChI is InChI=1S/C22H25N3O6/c1-29-18-9-15(10-19(12-18)30-2)13-24(14-20(26)31-3)21(27)16-5-4-6-17(11-16)25-8-7-23-22(25)28/h4-6,9-12H,7-8,13-14H2,1-3H3,(H,23,28). The van der Waals surface area contributed by atoms with E-state index in [4.69, 9.17) is 14.2 Å². The van der Waals surface area contributed by atoms with Crippen LogP contribution in [0.5, 0.6) is 11.5 Å². The number of urea groups is 1. The van der Waals surface area contributed by atoms with Gasteiger partial charge in [0.2, 0.25) is 0 Å². The lowest BCUT2D eigenvalue weighted by atomic mass is 10.1. The van der Waals surface area contributed by atoms with Crippen molar-refractivity contribution in [2.24, 2.45) is 0 Å². The summed E-state index contributed by atoms with van der Waals surface area (Å²) in [6, 6.07) is 11.8. The van der Waals surface area contributed by atoms with Gasteiger partial charge in [0.05, 0.1) is 21.3 Å². The molecule has 0 aromatic heterocycles. The average Bonchev–Trinajstić information content (AvgIpc) is 3.23. The fourth-order valence-corrected chi connectivity index (χ4v) is 3.31. The Morgan fingerprint density at radius 1 is 1.06 bits per heavy atom. The Balaban J connectivity index is 1.89. The van der Waals surface area contributed by atoms with E-state index in [9.17, 15) is 14.4 Å². The highest BCUT2D eigenvalue weighted by Crippen LogP contribution is 2.25. The summed E-state index contributed by atoms with van der Waals surface area (Å²) in [6.07, 6.45) is 0. The van der Waals surface area contributed by atoms with Gasteiger partial charge in [-0.3, -0.25) is 14.5 Å². The summed E-state index contributed by atoms with van der Waals surface area (Å²) in [6.45, 7) is 0.967. The Morgan fingerprint density at radius 2 is 1.77 bits per heavy atom. The minimum absolute atomic E-state index is 0.135. The summed E-state index contributed by atoms with van der Waals surface area (Å²) < 4.78 is 15.4. The molecule has 2 aromatic rings. The van der Waals surface area contributed by atoms with Crippen molar-refractivity contribution in [3.05, 3.63) is 53.6 Å². The third kappa shape index (κ3) is 5.25. The van der Waals surface area contributed by atoms with Gasteiger partial charge in [-0.1, -0.05) is 6.07 Å². The molecule has 2 aromatic carbocycles. The molecule has 1 saturated heterocycles. The van der Waals surface area contributed by atoms with E-state index in [2.05, 4.69) is 5.32 Å². The summed E-state index contributed by atoms with van der Waals surface area (Å²) in [5.41, 5.74) is 1.70. The number of carbonyl (C=O) groups excluding carboxylic acids is 3. The summed E-state index contributed by atoms with van der Waals surface area (Å²) in [4.78, 5) is 40.2. The van der Waals surface area contributed by atoms with Crippen LogP contribution < -0.4 is 19.7 Å². The van der Waals surface area contributed by atoms with Crippen LogP contribution in [0.4, 0.5) is 10.5 Å². The summed E-state index contributed by atoms with van der Waals surface area (Å²) in [5.74, 6) is 0.232. The largest absolute Gasteiger partial charge is 0.497 e. The van der Waals surface area contributed by atoms with Gasteiger partial charge in [-0.15, -0.1) is 0 Å². The number of hydrogen-bond acceptors (Lipinski definition) is 6. The van der Waals surface area contributed by atoms with Crippen molar-refractivity contribution in [1.82, 2.24) is 10.2 Å². The minimum atomic E-state index is -0.543. The first-order valence-corrected chi connectivity index (χ1v) is 9.68. The first-order chi connectivity index (χ1) is 14.9. The smallest absolute Gasteiger partial charge is 0.325 e. The Kier molecular flexibility index (Phi) is 6.96. The first kappa shape index (κ1) is 21.9. The highest BCUT2D eigenvalue weighted by atomic mass is 16.5. The molecular weight excluding hydrogens is 402 g/mol. The number of carbonyl (C=O) groups is 3. The molecule has 0 atom stereocenters. The Bertz CT molecular complexity index is 955. The van der Waals surface area contributed by atoms with Gasteiger partial charge >= 0.3 is 12.0 Å². The quantitative estimate of drug-likeness (QED) is 0.648. The lowest BCUT2D eigenvalue weighted by molar-refractivity contribution is -0.141. The van der Waals surface area contributed by atoms with Crippen molar-refractivity contribution >= 4 is 23.6 Å². The average molecular weight is 427 g/mol. The van der Waals surface area contributed by atoms with Gasteiger partial charge in [0, 0.05) is 37.0 Å². The Hall–Kier alpha value is -3.75. The van der Waals surface area contributed by atoms with Gasteiger partial charge in [-0.2, -0.15) is 0 Å². The molecule has 1 N–H and O–H groups in total. The maximum absolute atomic E-state index is 13.3. The highest BCUT2D eigenvalue weighted by molar-refractivity contribution is 5.99. The molecule has 0 aliphatic carbocycles. The molecule has 0 bridgehead atoms. The van der Waals surface area contributed by atoms with Gasteiger partial charge in [0.25, 0.3) is 5.91 Å². The van der Waals surface area contributed by atoms with Crippen LogP contribution >= 0.6 is 0 Å². The number of nitrogens with one attached hydrogen (secondary N) is 1. The monoisotopic (exact) mass is 427 g/mol. The number of methoxy groups -OCH3 is 3. The zero-order valence-corrected chi connectivity index (χ0v) is 17.7. The zero-order chi connectivity index (χ0) is 22.4. The number of benzene rings is 2. The number of amides is 3. The number of nitrogens with zero attached hydrogens (tertiary/aromatic N) is 2.